The Bertz CT molecular complexity index is 725. The molecule has 4 rings (SSSR count). The average Bonchev–Trinajstić information content (AvgIpc) is 3.31. The largest absolute Gasteiger partial charge is 0.0683 e. The summed E-state index contributed by atoms with van der Waals surface area (Å²) in [5.41, 5.74) is 7.53. The third-order valence-corrected chi connectivity index (χ3v) is 7.13. The van der Waals surface area contributed by atoms with Crippen LogP contribution in [0.3, 0.4) is 0 Å². The standard InChI is InChI=1S/C16H24.C13H18.C2H6/c1-12(2)15-10-9-13(3)16(11-15)14-7-5-4-6-8-14;1-11-6-8-13(9-7-11)10-12-4-2-3-5-12;1-2/h9-12,14H,4-8H2,1-3H3;6-9,12H,2-5,10H2,1H3;1-2H3. The minimum atomic E-state index is 0.656. The topological polar surface area (TPSA) is 0 Å². The first-order chi connectivity index (χ1) is 15.0. The molecule has 0 heterocycles. The van der Waals surface area contributed by atoms with Crippen LogP contribution in [-0.2, 0) is 6.42 Å². The molecule has 2 saturated carbocycles. The van der Waals surface area contributed by atoms with Crippen molar-refractivity contribution in [2.75, 3.05) is 0 Å². The Hall–Kier alpha value is -1.56. The van der Waals surface area contributed by atoms with Gasteiger partial charge in [-0.15, -0.1) is 0 Å². The van der Waals surface area contributed by atoms with E-state index < -0.39 is 0 Å². The van der Waals surface area contributed by atoms with Crippen LogP contribution >= 0.6 is 0 Å². The van der Waals surface area contributed by atoms with E-state index >= 15 is 0 Å². The van der Waals surface area contributed by atoms with Gasteiger partial charge < -0.3 is 0 Å². The highest BCUT2D eigenvalue weighted by atomic mass is 14.2. The molecular weight excluding hydrogens is 372 g/mol. The van der Waals surface area contributed by atoms with E-state index in [1.54, 1.807) is 5.56 Å². The fourth-order valence-electron chi connectivity index (χ4n) is 5.14. The second-order valence-electron chi connectivity index (χ2n) is 9.95. The van der Waals surface area contributed by atoms with E-state index in [9.17, 15) is 0 Å². The maximum Gasteiger partial charge on any atom is -0.0159 e. The van der Waals surface area contributed by atoms with Crippen LogP contribution in [0.2, 0.25) is 0 Å². The molecule has 172 valence electrons. The smallest absolute Gasteiger partial charge is 0.0159 e. The Kier molecular flexibility index (Phi) is 11.4. The third-order valence-electron chi connectivity index (χ3n) is 7.13. The molecule has 2 aliphatic rings. The van der Waals surface area contributed by atoms with Gasteiger partial charge in [0.1, 0.15) is 0 Å². The normalized spacial score (nSPS) is 17.0. The summed E-state index contributed by atoms with van der Waals surface area (Å²) in [5, 5.41) is 0. The van der Waals surface area contributed by atoms with Crippen LogP contribution in [0.25, 0.3) is 0 Å². The second-order valence-corrected chi connectivity index (χ2v) is 9.95. The Morgan fingerprint density at radius 1 is 0.742 bits per heavy atom. The van der Waals surface area contributed by atoms with Gasteiger partial charge in [0.05, 0.1) is 0 Å². The molecule has 0 unspecified atom stereocenters. The van der Waals surface area contributed by atoms with Crippen LogP contribution in [0.5, 0.6) is 0 Å². The van der Waals surface area contributed by atoms with E-state index in [4.69, 9.17) is 0 Å². The fourth-order valence-corrected chi connectivity index (χ4v) is 5.14. The van der Waals surface area contributed by atoms with Crippen molar-refractivity contribution >= 4 is 0 Å². The Labute approximate surface area is 193 Å². The van der Waals surface area contributed by atoms with Gasteiger partial charge in [-0.05, 0) is 73.1 Å². The molecule has 0 N–H and O–H groups in total. The number of hydrogen-bond donors (Lipinski definition) is 0. The third kappa shape index (κ3) is 8.47. The first-order valence-electron chi connectivity index (χ1n) is 13.2. The highest BCUT2D eigenvalue weighted by Crippen LogP contribution is 2.35. The van der Waals surface area contributed by atoms with Gasteiger partial charge in [-0.3, -0.25) is 0 Å². The molecule has 0 saturated heterocycles. The Balaban J connectivity index is 0.000000208. The molecule has 2 aromatic rings. The maximum atomic E-state index is 2.47. The lowest BCUT2D eigenvalue weighted by Crippen LogP contribution is -2.07. The monoisotopic (exact) mass is 420 g/mol. The number of rotatable bonds is 4. The quantitative estimate of drug-likeness (QED) is 0.461. The lowest BCUT2D eigenvalue weighted by Gasteiger charge is -2.24. The minimum Gasteiger partial charge on any atom is -0.0683 e. The van der Waals surface area contributed by atoms with Crippen molar-refractivity contribution in [1.82, 2.24) is 0 Å². The van der Waals surface area contributed by atoms with Crippen molar-refractivity contribution in [2.24, 2.45) is 5.92 Å². The molecule has 0 radical (unpaired) electrons. The van der Waals surface area contributed by atoms with Gasteiger partial charge in [-0.25, -0.2) is 0 Å². The van der Waals surface area contributed by atoms with E-state index in [0.29, 0.717) is 5.92 Å². The SMILES string of the molecule is CC.Cc1ccc(C(C)C)cc1C1CCCCC1.Cc1ccc(CC2CCCC2)cc1. The Morgan fingerprint density at radius 2 is 1.32 bits per heavy atom. The number of hydrogen-bond acceptors (Lipinski definition) is 0. The fraction of sp³-hybridized carbons (Fsp3) is 0.613. The van der Waals surface area contributed by atoms with Crippen LogP contribution in [0, 0.1) is 19.8 Å². The van der Waals surface area contributed by atoms with E-state index in [1.807, 2.05) is 13.8 Å². The molecule has 0 spiro atoms. The molecule has 0 aromatic heterocycles. The molecular formula is C31H48. The zero-order valence-corrected chi connectivity index (χ0v) is 21.3. The molecule has 0 amide bonds. The molecule has 31 heavy (non-hydrogen) atoms. The van der Waals surface area contributed by atoms with Gasteiger partial charge in [0.2, 0.25) is 0 Å². The second kappa shape index (κ2) is 13.8. The average molecular weight is 421 g/mol. The van der Waals surface area contributed by atoms with Gasteiger partial charge in [-0.2, -0.15) is 0 Å². The van der Waals surface area contributed by atoms with Crippen molar-refractivity contribution in [3.63, 3.8) is 0 Å². The van der Waals surface area contributed by atoms with Gasteiger partial charge in [0.25, 0.3) is 0 Å². The van der Waals surface area contributed by atoms with Crippen LogP contribution in [-0.4, -0.2) is 0 Å². The van der Waals surface area contributed by atoms with Gasteiger partial charge >= 0.3 is 0 Å². The van der Waals surface area contributed by atoms with Crippen molar-refractivity contribution < 1.29 is 0 Å². The molecule has 2 aliphatic carbocycles. The highest BCUT2D eigenvalue weighted by molar-refractivity contribution is 5.35. The predicted molar refractivity (Wildman–Crippen MR) is 139 cm³/mol. The molecule has 2 fully saturated rings. The van der Waals surface area contributed by atoms with E-state index in [-0.39, 0.29) is 0 Å². The van der Waals surface area contributed by atoms with E-state index in [0.717, 1.165) is 11.8 Å². The number of aryl methyl sites for hydroxylation is 2. The zero-order valence-electron chi connectivity index (χ0n) is 21.3. The van der Waals surface area contributed by atoms with Gasteiger partial charge in [0, 0.05) is 0 Å². The summed E-state index contributed by atoms with van der Waals surface area (Å²) in [6.45, 7) is 13.0. The maximum absolute atomic E-state index is 2.47. The van der Waals surface area contributed by atoms with Crippen molar-refractivity contribution in [3.8, 4) is 0 Å². The molecule has 2 aromatic carbocycles. The Morgan fingerprint density at radius 3 is 1.90 bits per heavy atom. The van der Waals surface area contributed by atoms with Gasteiger partial charge in [-0.1, -0.05) is 121 Å². The van der Waals surface area contributed by atoms with E-state index in [2.05, 4.69) is 70.2 Å². The lowest BCUT2D eigenvalue weighted by molar-refractivity contribution is 0.442. The zero-order chi connectivity index (χ0) is 22.6. The minimum absolute atomic E-state index is 0.656. The molecule has 0 bridgehead atoms. The van der Waals surface area contributed by atoms with Crippen LogP contribution in [0.1, 0.15) is 125 Å². The van der Waals surface area contributed by atoms with Crippen LogP contribution in [0.15, 0.2) is 42.5 Å². The van der Waals surface area contributed by atoms with Crippen LogP contribution < -0.4 is 0 Å². The summed E-state index contributed by atoms with van der Waals surface area (Å²) in [4.78, 5) is 0. The van der Waals surface area contributed by atoms with Crippen LogP contribution in [0.4, 0.5) is 0 Å². The van der Waals surface area contributed by atoms with Gasteiger partial charge in [0.15, 0.2) is 0 Å². The molecule has 0 aliphatic heterocycles. The summed E-state index contributed by atoms with van der Waals surface area (Å²) in [6.07, 6.45) is 14.2. The summed E-state index contributed by atoms with van der Waals surface area (Å²) < 4.78 is 0. The molecule has 0 heteroatoms. The van der Waals surface area contributed by atoms with Crippen molar-refractivity contribution in [2.45, 2.75) is 118 Å². The number of benzene rings is 2. The van der Waals surface area contributed by atoms with Crippen molar-refractivity contribution in [1.29, 1.82) is 0 Å². The molecule has 0 atom stereocenters. The van der Waals surface area contributed by atoms with E-state index in [1.165, 1.54) is 86.5 Å². The molecule has 0 nitrogen and oxygen atoms in total. The van der Waals surface area contributed by atoms with Crippen molar-refractivity contribution in [3.05, 3.63) is 70.3 Å². The lowest BCUT2D eigenvalue weighted by atomic mass is 9.81. The summed E-state index contributed by atoms with van der Waals surface area (Å²) in [5.74, 6) is 2.47. The first kappa shape index (κ1) is 25.7. The summed E-state index contributed by atoms with van der Waals surface area (Å²) in [7, 11) is 0. The summed E-state index contributed by atoms with van der Waals surface area (Å²) >= 11 is 0. The predicted octanol–water partition coefficient (Wildman–Crippen LogP) is 9.92. The first-order valence-corrected chi connectivity index (χ1v) is 13.2. The summed E-state index contributed by atoms with van der Waals surface area (Å²) in [6, 6.07) is 16.1. The highest BCUT2D eigenvalue weighted by Gasteiger charge is 2.18.